The monoisotopic (exact) mass is 335 g/mol. The van der Waals surface area contributed by atoms with E-state index in [-0.39, 0.29) is 0 Å². The molecular formula is C11H11F6NO4. The molecule has 0 spiro atoms. The topological polar surface area (TPSA) is 72.5 Å². The van der Waals surface area contributed by atoms with E-state index in [1.165, 1.54) is 13.8 Å². The molecule has 2 amide bonds. The van der Waals surface area contributed by atoms with Gasteiger partial charge in [-0.1, -0.05) is 20.4 Å². The van der Waals surface area contributed by atoms with Crippen LogP contribution >= 0.6 is 0 Å². The Morgan fingerprint density at radius 2 is 1.45 bits per heavy atom. The Balaban J connectivity index is 5.03. The molecule has 0 saturated carbocycles. The Morgan fingerprint density at radius 3 is 1.77 bits per heavy atom. The van der Waals surface area contributed by atoms with Crippen LogP contribution in [-0.2, 0) is 19.1 Å². The van der Waals surface area contributed by atoms with E-state index in [9.17, 15) is 40.7 Å². The van der Waals surface area contributed by atoms with E-state index < -0.39 is 47.7 Å². The molecule has 0 radical (unpaired) electrons. The van der Waals surface area contributed by atoms with Crippen LogP contribution in [0.4, 0.5) is 26.3 Å². The third-order valence-corrected chi connectivity index (χ3v) is 2.18. The lowest BCUT2D eigenvalue weighted by molar-refractivity contribution is -0.177. The lowest BCUT2D eigenvalue weighted by Crippen LogP contribution is -2.48. The van der Waals surface area contributed by atoms with Gasteiger partial charge < -0.3 is 4.74 Å². The molecule has 0 fully saturated rings. The van der Waals surface area contributed by atoms with Crippen LogP contribution in [0.5, 0.6) is 0 Å². The maximum atomic E-state index is 12.2. The molecule has 1 N–H and O–H groups in total. The van der Waals surface area contributed by atoms with Crippen molar-refractivity contribution in [1.82, 2.24) is 5.32 Å². The van der Waals surface area contributed by atoms with Crippen LogP contribution < -0.4 is 5.32 Å². The first-order valence-corrected chi connectivity index (χ1v) is 5.57. The second-order valence-electron chi connectivity index (χ2n) is 4.36. The van der Waals surface area contributed by atoms with Crippen LogP contribution in [0, 0.1) is 5.92 Å². The number of nitrogens with one attached hydrogen (secondary N) is 1. The minimum absolute atomic E-state index is 0.893. The van der Waals surface area contributed by atoms with Crippen molar-refractivity contribution in [2.24, 2.45) is 5.92 Å². The minimum atomic E-state index is -5.38. The fourth-order valence-electron chi connectivity index (χ4n) is 1.05. The summed E-state index contributed by atoms with van der Waals surface area (Å²) in [6.07, 6.45) is -12.5. The summed E-state index contributed by atoms with van der Waals surface area (Å²) in [5.41, 5.74) is -1.94. The third-order valence-electron chi connectivity index (χ3n) is 2.18. The van der Waals surface area contributed by atoms with Gasteiger partial charge in [-0.15, -0.1) is 0 Å². The molecule has 0 aliphatic carbocycles. The number of esters is 1. The maximum absolute atomic E-state index is 12.2. The summed E-state index contributed by atoms with van der Waals surface area (Å²) >= 11 is 0. The van der Waals surface area contributed by atoms with Gasteiger partial charge in [0.1, 0.15) is 5.57 Å². The molecule has 0 aliphatic rings. The standard InChI is InChI=1S/C11H11F6NO4/c1-4(2)6(7(19)18-9(21)11(15,16)17)22-8(20)5(3)10(12,13)14/h4,6H,3H2,1-2H3,(H,18,19,21). The summed E-state index contributed by atoms with van der Waals surface area (Å²) in [4.78, 5) is 33.2. The van der Waals surface area contributed by atoms with Crippen molar-refractivity contribution in [3.8, 4) is 0 Å². The molecule has 1 unspecified atom stereocenters. The van der Waals surface area contributed by atoms with Crippen molar-refractivity contribution >= 4 is 17.8 Å². The number of alkyl halides is 6. The summed E-state index contributed by atoms with van der Waals surface area (Å²) in [6, 6.07) is 0. The first-order chi connectivity index (χ1) is 9.67. The van der Waals surface area contributed by atoms with Crippen molar-refractivity contribution in [1.29, 1.82) is 0 Å². The molecule has 0 aromatic heterocycles. The van der Waals surface area contributed by atoms with Gasteiger partial charge in [0, 0.05) is 0 Å². The molecule has 126 valence electrons. The Bertz CT molecular complexity index is 480. The van der Waals surface area contributed by atoms with Crippen molar-refractivity contribution in [2.75, 3.05) is 0 Å². The molecule has 1 atom stereocenters. The first-order valence-electron chi connectivity index (χ1n) is 5.57. The predicted octanol–water partition coefficient (Wildman–Crippen LogP) is 1.88. The molecule has 22 heavy (non-hydrogen) atoms. The van der Waals surface area contributed by atoms with Crippen molar-refractivity contribution < 1.29 is 45.5 Å². The van der Waals surface area contributed by atoms with Crippen LogP contribution in [0.2, 0.25) is 0 Å². The van der Waals surface area contributed by atoms with E-state index in [1.54, 1.807) is 0 Å². The average Bonchev–Trinajstić information content (AvgIpc) is 2.31. The van der Waals surface area contributed by atoms with Gasteiger partial charge in [-0.05, 0) is 5.92 Å². The Kier molecular flexibility index (Phi) is 6.15. The van der Waals surface area contributed by atoms with Crippen molar-refractivity contribution in [2.45, 2.75) is 32.3 Å². The zero-order valence-corrected chi connectivity index (χ0v) is 11.3. The minimum Gasteiger partial charge on any atom is -0.448 e. The van der Waals surface area contributed by atoms with Gasteiger partial charge in [-0.25, -0.2) is 4.79 Å². The average molecular weight is 335 g/mol. The molecule has 0 rings (SSSR count). The number of rotatable bonds is 4. The highest BCUT2D eigenvalue weighted by Crippen LogP contribution is 2.26. The zero-order chi connectivity index (χ0) is 17.9. The van der Waals surface area contributed by atoms with Crippen molar-refractivity contribution in [3.63, 3.8) is 0 Å². The van der Waals surface area contributed by atoms with Crippen LogP contribution in [0.3, 0.4) is 0 Å². The summed E-state index contributed by atoms with van der Waals surface area (Å²) in [7, 11) is 0. The molecule has 0 aliphatic heterocycles. The fraction of sp³-hybridized carbons (Fsp3) is 0.545. The van der Waals surface area contributed by atoms with Crippen LogP contribution in [0.1, 0.15) is 13.8 Å². The Hall–Kier alpha value is -2.07. The number of hydrogen-bond acceptors (Lipinski definition) is 4. The van der Waals surface area contributed by atoms with Crippen molar-refractivity contribution in [3.05, 3.63) is 12.2 Å². The number of ether oxygens (including phenoxy) is 1. The fourth-order valence-corrected chi connectivity index (χ4v) is 1.05. The quantitative estimate of drug-likeness (QED) is 0.484. The zero-order valence-electron chi connectivity index (χ0n) is 11.3. The van der Waals surface area contributed by atoms with Gasteiger partial charge in [0.25, 0.3) is 5.91 Å². The molecule has 0 saturated heterocycles. The largest absolute Gasteiger partial charge is 0.471 e. The SMILES string of the molecule is C=C(C(=O)OC(C(=O)NC(=O)C(F)(F)F)C(C)C)C(F)(F)F. The van der Waals surface area contributed by atoms with E-state index in [0.29, 0.717) is 0 Å². The Morgan fingerprint density at radius 1 is 1.00 bits per heavy atom. The lowest BCUT2D eigenvalue weighted by Gasteiger charge is -2.21. The van der Waals surface area contributed by atoms with Gasteiger partial charge in [0.05, 0.1) is 0 Å². The van der Waals surface area contributed by atoms with E-state index in [4.69, 9.17) is 0 Å². The number of amides is 2. The predicted molar refractivity (Wildman–Crippen MR) is 59.1 cm³/mol. The number of hydrogen-bond donors (Lipinski definition) is 1. The van der Waals surface area contributed by atoms with Gasteiger partial charge in [0.2, 0.25) is 0 Å². The van der Waals surface area contributed by atoms with E-state index in [2.05, 4.69) is 11.3 Å². The summed E-state index contributed by atoms with van der Waals surface area (Å²) in [5, 5.41) is 0.893. The smallest absolute Gasteiger partial charge is 0.448 e. The second kappa shape index (κ2) is 6.79. The highest BCUT2D eigenvalue weighted by molar-refractivity contribution is 6.01. The molecule has 0 heterocycles. The van der Waals surface area contributed by atoms with Gasteiger partial charge >= 0.3 is 24.2 Å². The van der Waals surface area contributed by atoms with E-state index >= 15 is 0 Å². The summed E-state index contributed by atoms with van der Waals surface area (Å²) in [6.45, 7) is 4.79. The van der Waals surface area contributed by atoms with E-state index in [0.717, 1.165) is 5.32 Å². The number of carbonyl (C=O) groups excluding carboxylic acids is 3. The Labute approximate surface area is 120 Å². The second-order valence-corrected chi connectivity index (χ2v) is 4.36. The highest BCUT2D eigenvalue weighted by atomic mass is 19.4. The highest BCUT2D eigenvalue weighted by Gasteiger charge is 2.43. The molecule has 0 aromatic rings. The summed E-state index contributed by atoms with van der Waals surface area (Å²) < 4.78 is 76.8. The number of carbonyl (C=O) groups is 3. The number of imide groups is 1. The maximum Gasteiger partial charge on any atom is 0.471 e. The molecule has 0 aromatic carbocycles. The van der Waals surface area contributed by atoms with Crippen LogP contribution in [-0.4, -0.2) is 36.2 Å². The molecule has 5 nitrogen and oxygen atoms in total. The van der Waals surface area contributed by atoms with Gasteiger partial charge in [-0.2, -0.15) is 26.3 Å². The normalized spacial score (nSPS) is 13.5. The molecule has 0 bridgehead atoms. The lowest BCUT2D eigenvalue weighted by atomic mass is 10.1. The van der Waals surface area contributed by atoms with Crippen LogP contribution in [0.15, 0.2) is 12.2 Å². The van der Waals surface area contributed by atoms with Crippen LogP contribution in [0.25, 0.3) is 0 Å². The first kappa shape index (κ1) is 19.9. The third kappa shape index (κ3) is 5.74. The number of halogens is 6. The molecule has 11 heteroatoms. The van der Waals surface area contributed by atoms with E-state index in [1.807, 2.05) is 0 Å². The molecular weight excluding hydrogens is 324 g/mol. The van der Waals surface area contributed by atoms with Gasteiger partial charge in [0.15, 0.2) is 6.10 Å². The van der Waals surface area contributed by atoms with Gasteiger partial charge in [-0.3, -0.25) is 14.9 Å². The summed E-state index contributed by atoms with van der Waals surface area (Å²) in [5.74, 6) is -7.35.